The molecule has 35 heavy (non-hydrogen) atoms. The Balaban J connectivity index is 0.00000432. The lowest BCUT2D eigenvalue weighted by Gasteiger charge is -2.15. The lowest BCUT2D eigenvalue weighted by molar-refractivity contribution is -0.141. The maximum atomic E-state index is 13.3. The van der Waals surface area contributed by atoms with E-state index in [1.54, 1.807) is 24.3 Å². The summed E-state index contributed by atoms with van der Waals surface area (Å²) < 4.78 is 21.5. The standard InChI is InChI=1S/C25H25NO8.ClH/c1-4-32-17-8-5-7-16(11-17)24(28)23-19-13-21(31-3)22(34-10-6-9-33-15(2)27)12-18(19)20(14-26-23)25(29)30;/h5,7-8,11-14H,4,6,9-10H2,1-3H3,(H,29,30);1H. The van der Waals surface area contributed by atoms with Gasteiger partial charge >= 0.3 is 11.9 Å². The van der Waals surface area contributed by atoms with Gasteiger partial charge in [0, 0.05) is 35.9 Å². The van der Waals surface area contributed by atoms with Crippen molar-refractivity contribution >= 4 is 40.9 Å². The maximum absolute atomic E-state index is 13.3. The Labute approximate surface area is 208 Å². The minimum atomic E-state index is -1.19. The molecule has 0 aliphatic heterocycles. The lowest BCUT2D eigenvalue weighted by Crippen LogP contribution is -2.10. The smallest absolute Gasteiger partial charge is 0.337 e. The molecular weight excluding hydrogens is 478 g/mol. The molecule has 10 heteroatoms. The van der Waals surface area contributed by atoms with Crippen molar-refractivity contribution in [3.8, 4) is 17.2 Å². The number of ether oxygens (including phenoxy) is 4. The first-order valence-corrected chi connectivity index (χ1v) is 10.6. The van der Waals surface area contributed by atoms with Crippen LogP contribution in [0.5, 0.6) is 17.2 Å². The van der Waals surface area contributed by atoms with Crippen LogP contribution in [0.2, 0.25) is 0 Å². The molecule has 1 heterocycles. The van der Waals surface area contributed by atoms with Crippen LogP contribution in [0.3, 0.4) is 0 Å². The number of hydrogen-bond donors (Lipinski definition) is 1. The molecule has 0 saturated carbocycles. The summed E-state index contributed by atoms with van der Waals surface area (Å²) >= 11 is 0. The number of aromatic carboxylic acids is 1. The highest BCUT2D eigenvalue weighted by molar-refractivity contribution is 6.18. The summed E-state index contributed by atoms with van der Waals surface area (Å²) in [4.78, 5) is 40.2. The Bertz CT molecular complexity index is 1230. The molecule has 3 aromatic rings. The molecule has 0 amide bonds. The molecular formula is C25H26ClNO8. The van der Waals surface area contributed by atoms with E-state index >= 15 is 0 Å². The van der Waals surface area contributed by atoms with Gasteiger partial charge in [0.15, 0.2) is 11.5 Å². The second-order valence-electron chi connectivity index (χ2n) is 7.21. The molecule has 1 N–H and O–H groups in total. The highest BCUT2D eigenvalue weighted by atomic mass is 35.5. The maximum Gasteiger partial charge on any atom is 0.337 e. The van der Waals surface area contributed by atoms with Crippen molar-refractivity contribution in [1.82, 2.24) is 4.98 Å². The van der Waals surface area contributed by atoms with E-state index in [1.165, 1.54) is 26.2 Å². The van der Waals surface area contributed by atoms with E-state index in [0.29, 0.717) is 41.2 Å². The number of ketones is 1. The van der Waals surface area contributed by atoms with Gasteiger partial charge in [-0.1, -0.05) is 12.1 Å². The van der Waals surface area contributed by atoms with Gasteiger partial charge in [-0.25, -0.2) is 4.79 Å². The fourth-order valence-corrected chi connectivity index (χ4v) is 3.36. The van der Waals surface area contributed by atoms with Gasteiger partial charge in [-0.05, 0) is 31.2 Å². The van der Waals surface area contributed by atoms with Crippen molar-refractivity contribution in [3.05, 3.63) is 59.4 Å². The number of carboxylic acid groups (broad SMARTS) is 1. The second-order valence-corrected chi connectivity index (χ2v) is 7.21. The first kappa shape index (κ1) is 27.4. The number of hydrogen-bond acceptors (Lipinski definition) is 8. The summed E-state index contributed by atoms with van der Waals surface area (Å²) in [7, 11) is 1.44. The zero-order valence-electron chi connectivity index (χ0n) is 19.5. The van der Waals surface area contributed by atoms with E-state index in [4.69, 9.17) is 18.9 Å². The lowest BCUT2D eigenvalue weighted by atomic mass is 9.99. The predicted molar refractivity (Wildman–Crippen MR) is 130 cm³/mol. The number of benzene rings is 2. The van der Waals surface area contributed by atoms with Crippen LogP contribution in [0.25, 0.3) is 10.8 Å². The number of fused-ring (bicyclic) bond motifs is 1. The third kappa shape index (κ3) is 6.60. The first-order chi connectivity index (χ1) is 16.3. The van der Waals surface area contributed by atoms with E-state index < -0.39 is 5.97 Å². The van der Waals surface area contributed by atoms with Crippen LogP contribution in [-0.4, -0.2) is 54.7 Å². The number of carbonyl (C=O) groups excluding carboxylic acids is 2. The summed E-state index contributed by atoms with van der Waals surface area (Å²) in [6.07, 6.45) is 1.59. The average Bonchev–Trinajstić information content (AvgIpc) is 2.82. The van der Waals surface area contributed by atoms with Gasteiger partial charge in [-0.2, -0.15) is 0 Å². The number of methoxy groups -OCH3 is 1. The molecule has 186 valence electrons. The van der Waals surface area contributed by atoms with Crippen LogP contribution >= 0.6 is 12.4 Å². The van der Waals surface area contributed by atoms with Crippen molar-refractivity contribution in [2.45, 2.75) is 20.3 Å². The van der Waals surface area contributed by atoms with Gasteiger partial charge in [0.25, 0.3) is 0 Å². The Morgan fingerprint density at radius 1 is 1.00 bits per heavy atom. The van der Waals surface area contributed by atoms with Crippen LogP contribution in [-0.2, 0) is 9.53 Å². The summed E-state index contributed by atoms with van der Waals surface area (Å²) in [5.41, 5.74) is 0.350. The summed E-state index contributed by atoms with van der Waals surface area (Å²) in [6, 6.07) is 9.75. The predicted octanol–water partition coefficient (Wildman–Crippen LogP) is 4.33. The minimum absolute atomic E-state index is 0. The van der Waals surface area contributed by atoms with Crippen LogP contribution < -0.4 is 14.2 Å². The molecule has 0 radical (unpaired) electrons. The highest BCUT2D eigenvalue weighted by Gasteiger charge is 2.22. The van der Waals surface area contributed by atoms with Crippen molar-refractivity contribution < 1.29 is 38.4 Å². The molecule has 0 saturated heterocycles. The van der Waals surface area contributed by atoms with Crippen molar-refractivity contribution in [3.63, 3.8) is 0 Å². The van der Waals surface area contributed by atoms with Crippen molar-refractivity contribution in [2.75, 3.05) is 26.9 Å². The highest BCUT2D eigenvalue weighted by Crippen LogP contribution is 2.36. The Morgan fingerprint density at radius 3 is 2.40 bits per heavy atom. The third-order valence-electron chi connectivity index (χ3n) is 4.88. The molecule has 2 aromatic carbocycles. The molecule has 0 unspecified atom stereocenters. The molecule has 3 rings (SSSR count). The van der Waals surface area contributed by atoms with E-state index in [9.17, 15) is 19.5 Å². The number of pyridine rings is 1. The monoisotopic (exact) mass is 503 g/mol. The van der Waals surface area contributed by atoms with Crippen LogP contribution in [0, 0.1) is 0 Å². The Morgan fingerprint density at radius 2 is 1.74 bits per heavy atom. The van der Waals surface area contributed by atoms with Gasteiger partial charge in [0.2, 0.25) is 5.78 Å². The summed E-state index contributed by atoms with van der Waals surface area (Å²) in [6.45, 7) is 4.01. The van der Waals surface area contributed by atoms with Gasteiger partial charge in [0.1, 0.15) is 11.4 Å². The molecule has 0 aliphatic carbocycles. The largest absolute Gasteiger partial charge is 0.494 e. The topological polar surface area (TPSA) is 121 Å². The number of halogens is 1. The van der Waals surface area contributed by atoms with Crippen molar-refractivity contribution in [1.29, 1.82) is 0 Å². The van der Waals surface area contributed by atoms with Gasteiger partial charge in [-0.15, -0.1) is 12.4 Å². The van der Waals surface area contributed by atoms with Crippen LogP contribution in [0.4, 0.5) is 0 Å². The molecule has 9 nitrogen and oxygen atoms in total. The third-order valence-corrected chi connectivity index (χ3v) is 4.88. The Kier molecular flexibility index (Phi) is 9.84. The number of aromatic nitrogens is 1. The fraction of sp³-hybridized carbons (Fsp3) is 0.280. The van der Waals surface area contributed by atoms with E-state index in [1.807, 2.05) is 6.92 Å². The van der Waals surface area contributed by atoms with Gasteiger partial charge in [0.05, 0.1) is 32.5 Å². The Hall–Kier alpha value is -3.85. The molecule has 0 fully saturated rings. The first-order valence-electron chi connectivity index (χ1n) is 10.6. The molecule has 0 spiro atoms. The number of nitrogens with zero attached hydrogens (tertiary/aromatic N) is 1. The SMILES string of the molecule is CCOc1cccc(C(=O)c2ncc(C(=O)O)c3cc(OCCCOC(C)=O)c(OC)cc23)c1.Cl. The fourth-order valence-electron chi connectivity index (χ4n) is 3.36. The molecule has 0 atom stereocenters. The number of rotatable bonds is 11. The number of carboxylic acids is 1. The van der Waals surface area contributed by atoms with Crippen LogP contribution in [0.15, 0.2) is 42.6 Å². The van der Waals surface area contributed by atoms with Gasteiger partial charge in [-0.3, -0.25) is 14.6 Å². The zero-order valence-corrected chi connectivity index (χ0v) is 20.3. The van der Waals surface area contributed by atoms with E-state index in [0.717, 1.165) is 6.20 Å². The molecule has 0 aliphatic rings. The van der Waals surface area contributed by atoms with Gasteiger partial charge < -0.3 is 24.1 Å². The average molecular weight is 504 g/mol. The van der Waals surface area contributed by atoms with E-state index in [2.05, 4.69) is 4.98 Å². The summed E-state index contributed by atoms with van der Waals surface area (Å²) in [5.74, 6) is -0.821. The molecule has 0 bridgehead atoms. The number of esters is 1. The summed E-state index contributed by atoms with van der Waals surface area (Å²) in [5, 5.41) is 10.3. The van der Waals surface area contributed by atoms with E-state index in [-0.39, 0.29) is 54.0 Å². The quantitative estimate of drug-likeness (QED) is 0.231. The zero-order chi connectivity index (χ0) is 24.7. The normalized spacial score (nSPS) is 10.3. The van der Waals surface area contributed by atoms with Crippen molar-refractivity contribution in [2.24, 2.45) is 0 Å². The second kappa shape index (κ2) is 12.6. The minimum Gasteiger partial charge on any atom is -0.494 e. The molecule has 1 aromatic heterocycles. The van der Waals surface area contributed by atoms with Crippen LogP contribution in [0.1, 0.15) is 46.7 Å². The number of carbonyl (C=O) groups is 3.